The van der Waals surface area contributed by atoms with Crippen LogP contribution in [0.25, 0.3) is 0 Å². The molecule has 118 valence electrons. The molecule has 2 fully saturated rings. The summed E-state index contributed by atoms with van der Waals surface area (Å²) in [4.78, 5) is 37.4. The second kappa shape index (κ2) is 5.66. The number of rotatable bonds is 4. The van der Waals surface area contributed by atoms with E-state index < -0.39 is 5.54 Å². The molecule has 1 aliphatic heterocycles. The van der Waals surface area contributed by atoms with Gasteiger partial charge >= 0.3 is 0 Å². The Hall–Kier alpha value is -1.98. The Balaban J connectivity index is 2.00. The maximum Gasteiger partial charge on any atom is 0.254 e. The van der Waals surface area contributed by atoms with Crippen molar-refractivity contribution in [3.05, 3.63) is 24.3 Å². The fourth-order valence-corrected chi connectivity index (χ4v) is 3.32. The van der Waals surface area contributed by atoms with E-state index in [0.29, 0.717) is 31.0 Å². The number of likely N-dealkylation sites (tertiary alicyclic amines) is 1. The zero-order chi connectivity index (χ0) is 15.7. The second-order valence-corrected chi connectivity index (χ2v) is 6.45. The maximum atomic E-state index is 12.9. The van der Waals surface area contributed by atoms with Crippen LogP contribution >= 0.6 is 0 Å². The molecule has 0 aromatic carbocycles. The van der Waals surface area contributed by atoms with Gasteiger partial charge in [0.1, 0.15) is 0 Å². The molecule has 1 saturated carbocycles. The molecule has 2 heterocycles. The zero-order valence-electron chi connectivity index (χ0n) is 13.2. The number of nitrogens with zero attached hydrogens (tertiary/aromatic N) is 4. The summed E-state index contributed by atoms with van der Waals surface area (Å²) in [7, 11) is 3.45. The summed E-state index contributed by atoms with van der Waals surface area (Å²) in [5.74, 6) is 0.484. The van der Waals surface area contributed by atoms with Crippen molar-refractivity contribution in [2.24, 2.45) is 5.92 Å². The van der Waals surface area contributed by atoms with Crippen molar-refractivity contribution < 1.29 is 9.59 Å². The molecule has 2 aliphatic rings. The van der Waals surface area contributed by atoms with Crippen LogP contribution in [0.2, 0.25) is 0 Å². The average molecular weight is 302 g/mol. The fourth-order valence-electron chi connectivity index (χ4n) is 3.32. The van der Waals surface area contributed by atoms with Crippen molar-refractivity contribution in [3.63, 3.8) is 0 Å². The lowest BCUT2D eigenvalue weighted by Gasteiger charge is -2.38. The van der Waals surface area contributed by atoms with Crippen LogP contribution in [0.3, 0.4) is 0 Å². The van der Waals surface area contributed by atoms with Gasteiger partial charge in [-0.3, -0.25) is 19.6 Å². The van der Waals surface area contributed by atoms with Crippen molar-refractivity contribution in [2.75, 3.05) is 20.6 Å². The number of aromatic nitrogens is 2. The van der Waals surface area contributed by atoms with Crippen LogP contribution in [-0.2, 0) is 15.1 Å². The summed E-state index contributed by atoms with van der Waals surface area (Å²) < 4.78 is 0. The van der Waals surface area contributed by atoms with E-state index in [-0.39, 0.29) is 11.8 Å². The van der Waals surface area contributed by atoms with E-state index in [0.717, 1.165) is 19.3 Å². The first-order chi connectivity index (χ1) is 10.6. The van der Waals surface area contributed by atoms with E-state index in [1.165, 1.54) is 0 Å². The lowest BCUT2D eigenvalue weighted by molar-refractivity contribution is -0.151. The molecule has 1 aliphatic carbocycles. The SMILES string of the molecule is CN(C)C(=O)[C@@]1(c2cnccn2)CCCN1C(=O)CC1CC1. The summed E-state index contributed by atoms with van der Waals surface area (Å²) in [6.07, 6.45) is 9.00. The average Bonchev–Trinajstić information content (AvgIpc) is 3.21. The number of carbonyl (C=O) groups is 2. The smallest absolute Gasteiger partial charge is 0.254 e. The topological polar surface area (TPSA) is 66.4 Å². The highest BCUT2D eigenvalue weighted by Gasteiger charge is 2.53. The number of amides is 2. The summed E-state index contributed by atoms with van der Waals surface area (Å²) in [5.41, 5.74) is -0.403. The predicted octanol–water partition coefficient (Wildman–Crippen LogP) is 1.18. The normalized spacial score (nSPS) is 24.4. The Bertz CT molecular complexity index is 571. The molecule has 1 aromatic heterocycles. The molecule has 1 atom stereocenters. The van der Waals surface area contributed by atoms with Gasteiger partial charge < -0.3 is 9.80 Å². The van der Waals surface area contributed by atoms with Gasteiger partial charge in [0.2, 0.25) is 5.91 Å². The standard InChI is InChI=1S/C16H22N4O2/c1-19(2)15(22)16(13-11-17-7-8-18-13)6-3-9-20(16)14(21)10-12-4-5-12/h7-8,11-12H,3-6,9-10H2,1-2H3/t16-/m0/s1. The van der Waals surface area contributed by atoms with Gasteiger partial charge in [-0.1, -0.05) is 0 Å². The molecule has 0 radical (unpaired) electrons. The number of carbonyl (C=O) groups excluding carboxylic acids is 2. The predicted molar refractivity (Wildman–Crippen MR) is 80.7 cm³/mol. The third-order valence-electron chi connectivity index (χ3n) is 4.59. The fraction of sp³-hybridized carbons (Fsp3) is 0.625. The van der Waals surface area contributed by atoms with Gasteiger partial charge in [-0.25, -0.2) is 0 Å². The first kappa shape index (κ1) is 14.9. The molecule has 2 amide bonds. The van der Waals surface area contributed by atoms with Crippen LogP contribution in [0.5, 0.6) is 0 Å². The van der Waals surface area contributed by atoms with Crippen molar-refractivity contribution in [1.82, 2.24) is 19.8 Å². The zero-order valence-corrected chi connectivity index (χ0v) is 13.2. The minimum atomic E-state index is -0.982. The van der Waals surface area contributed by atoms with Gasteiger partial charge in [0.25, 0.3) is 5.91 Å². The van der Waals surface area contributed by atoms with E-state index in [1.54, 1.807) is 42.5 Å². The Morgan fingerprint density at radius 1 is 1.36 bits per heavy atom. The van der Waals surface area contributed by atoms with Crippen LogP contribution in [0.4, 0.5) is 0 Å². The van der Waals surface area contributed by atoms with Gasteiger partial charge in [-0.05, 0) is 31.6 Å². The molecule has 0 spiro atoms. The third kappa shape index (κ3) is 2.46. The van der Waals surface area contributed by atoms with Gasteiger partial charge in [-0.15, -0.1) is 0 Å². The van der Waals surface area contributed by atoms with Crippen molar-refractivity contribution in [2.45, 2.75) is 37.6 Å². The molecule has 0 bridgehead atoms. The highest BCUT2D eigenvalue weighted by Crippen LogP contribution is 2.41. The third-order valence-corrected chi connectivity index (χ3v) is 4.59. The molecular weight excluding hydrogens is 280 g/mol. The minimum Gasteiger partial charge on any atom is -0.346 e. The molecule has 6 heteroatoms. The van der Waals surface area contributed by atoms with Crippen molar-refractivity contribution in [1.29, 1.82) is 0 Å². The van der Waals surface area contributed by atoms with E-state index >= 15 is 0 Å². The molecule has 0 N–H and O–H groups in total. The Morgan fingerprint density at radius 2 is 2.14 bits per heavy atom. The monoisotopic (exact) mass is 302 g/mol. The minimum absolute atomic E-state index is 0.0702. The van der Waals surface area contributed by atoms with Crippen LogP contribution in [0, 0.1) is 5.92 Å². The summed E-state index contributed by atoms with van der Waals surface area (Å²) in [5, 5.41) is 0. The maximum absolute atomic E-state index is 12.9. The van der Waals surface area contributed by atoms with Gasteiger partial charge in [0, 0.05) is 39.5 Å². The molecular formula is C16H22N4O2. The molecule has 3 rings (SSSR count). The lowest BCUT2D eigenvalue weighted by Crippen LogP contribution is -2.55. The Kier molecular flexibility index (Phi) is 3.85. The first-order valence-corrected chi connectivity index (χ1v) is 7.84. The largest absolute Gasteiger partial charge is 0.346 e. The molecule has 6 nitrogen and oxygen atoms in total. The number of hydrogen-bond acceptors (Lipinski definition) is 4. The molecule has 0 unspecified atom stereocenters. The van der Waals surface area contributed by atoms with E-state index in [9.17, 15) is 9.59 Å². The van der Waals surface area contributed by atoms with Gasteiger partial charge in [0.05, 0.1) is 11.9 Å². The lowest BCUT2D eigenvalue weighted by atomic mass is 9.90. The van der Waals surface area contributed by atoms with Crippen molar-refractivity contribution in [3.8, 4) is 0 Å². The van der Waals surface area contributed by atoms with Crippen LogP contribution in [-0.4, -0.2) is 52.2 Å². The first-order valence-electron chi connectivity index (χ1n) is 7.84. The summed E-state index contributed by atoms with van der Waals surface area (Å²) in [6.45, 7) is 0.613. The number of hydrogen-bond donors (Lipinski definition) is 0. The Labute approximate surface area is 130 Å². The van der Waals surface area contributed by atoms with E-state index in [1.807, 2.05) is 0 Å². The highest BCUT2D eigenvalue weighted by atomic mass is 16.2. The molecule has 1 aromatic rings. The summed E-state index contributed by atoms with van der Waals surface area (Å²) in [6, 6.07) is 0. The van der Waals surface area contributed by atoms with Crippen LogP contribution in [0.1, 0.15) is 37.8 Å². The van der Waals surface area contributed by atoms with Crippen molar-refractivity contribution >= 4 is 11.8 Å². The molecule has 1 saturated heterocycles. The highest BCUT2D eigenvalue weighted by molar-refractivity contribution is 5.92. The van der Waals surface area contributed by atoms with E-state index in [4.69, 9.17) is 0 Å². The Morgan fingerprint density at radius 3 is 2.73 bits per heavy atom. The number of likely N-dealkylation sites (N-methyl/N-ethyl adjacent to an activating group) is 1. The van der Waals surface area contributed by atoms with Crippen LogP contribution < -0.4 is 0 Å². The summed E-state index contributed by atoms with van der Waals surface area (Å²) >= 11 is 0. The quantitative estimate of drug-likeness (QED) is 0.838. The molecule has 22 heavy (non-hydrogen) atoms. The van der Waals surface area contributed by atoms with E-state index in [2.05, 4.69) is 9.97 Å². The second-order valence-electron chi connectivity index (χ2n) is 6.45. The van der Waals surface area contributed by atoms with Gasteiger partial charge in [0.15, 0.2) is 5.54 Å². The van der Waals surface area contributed by atoms with Gasteiger partial charge in [-0.2, -0.15) is 0 Å². The van der Waals surface area contributed by atoms with Crippen LogP contribution in [0.15, 0.2) is 18.6 Å².